The monoisotopic (exact) mass is 504 g/mol. The predicted molar refractivity (Wildman–Crippen MR) is 122 cm³/mol. The maximum atomic E-state index is 13.4. The number of aromatic nitrogens is 2. The zero-order valence-corrected chi connectivity index (χ0v) is 19.5. The summed E-state index contributed by atoms with van der Waals surface area (Å²) >= 11 is 0. The Bertz CT molecular complexity index is 1370. The molecule has 1 aliphatic heterocycles. The van der Waals surface area contributed by atoms with Crippen molar-refractivity contribution in [1.29, 1.82) is 0 Å². The Kier molecular flexibility index (Phi) is 6.00. The first-order chi connectivity index (χ1) is 16.6. The summed E-state index contributed by atoms with van der Waals surface area (Å²) in [6.07, 6.45) is 0.676. The van der Waals surface area contributed by atoms with Crippen molar-refractivity contribution in [3.63, 3.8) is 0 Å². The Hall–Kier alpha value is -3.05. The lowest BCUT2D eigenvalue weighted by Gasteiger charge is -2.38. The second-order valence-electron chi connectivity index (χ2n) is 8.87. The van der Waals surface area contributed by atoms with Crippen LogP contribution in [0.5, 0.6) is 0 Å². The van der Waals surface area contributed by atoms with Crippen LogP contribution < -0.4 is 0 Å². The van der Waals surface area contributed by atoms with Gasteiger partial charge in [0.05, 0.1) is 21.5 Å². The summed E-state index contributed by atoms with van der Waals surface area (Å²) in [6, 6.07) is 8.41. The number of nitrogens with zero attached hydrogens (tertiary/aromatic N) is 4. The number of piperidine rings is 1. The van der Waals surface area contributed by atoms with E-state index < -0.39 is 21.8 Å². The fourth-order valence-electron chi connectivity index (χ4n) is 4.58. The molecular formula is C24H23F3N4O3S. The lowest BCUT2D eigenvalue weighted by Crippen LogP contribution is -2.49. The van der Waals surface area contributed by atoms with Crippen LogP contribution in [0.3, 0.4) is 0 Å². The molecule has 2 aromatic carbocycles. The van der Waals surface area contributed by atoms with Gasteiger partial charge in [0.15, 0.2) is 0 Å². The van der Waals surface area contributed by atoms with E-state index in [1.165, 1.54) is 10.4 Å². The van der Waals surface area contributed by atoms with Gasteiger partial charge in [-0.25, -0.2) is 8.42 Å². The number of fused-ring (bicyclic) bond motifs is 1. The number of hydrogen-bond acceptors (Lipinski definition) is 5. The van der Waals surface area contributed by atoms with Crippen LogP contribution in [0.25, 0.3) is 11.0 Å². The molecule has 1 amide bonds. The van der Waals surface area contributed by atoms with Gasteiger partial charge in [-0.05, 0) is 62.1 Å². The van der Waals surface area contributed by atoms with E-state index in [1.54, 1.807) is 35.5 Å². The smallest absolute Gasteiger partial charge is 0.339 e. The lowest BCUT2D eigenvalue weighted by atomic mass is 10.0. The molecule has 35 heavy (non-hydrogen) atoms. The molecule has 2 fully saturated rings. The highest BCUT2D eigenvalue weighted by molar-refractivity contribution is 7.89. The second kappa shape index (κ2) is 8.87. The third kappa shape index (κ3) is 4.74. The van der Waals surface area contributed by atoms with Crippen LogP contribution in [0.1, 0.15) is 41.6 Å². The van der Waals surface area contributed by atoms with Crippen molar-refractivity contribution < 1.29 is 26.4 Å². The zero-order chi connectivity index (χ0) is 24.8. The summed E-state index contributed by atoms with van der Waals surface area (Å²) in [6.45, 7) is 0.701. The molecule has 5 rings (SSSR count). The molecule has 3 aromatic rings. The van der Waals surface area contributed by atoms with E-state index in [9.17, 15) is 26.4 Å². The van der Waals surface area contributed by atoms with E-state index in [1.807, 2.05) is 0 Å². The Labute approximate surface area is 200 Å². The standard InChI is InChI=1S/C24H23F3N4O3S/c25-24(26,27)17-2-1-3-20(15-17)35(33,34)31(18-5-6-18)19-8-12-30(13-9-19)23(32)16-4-7-21-22(14-16)29-11-10-28-21/h1-4,7,10-11,14-15,18-19H,5-6,8-9,12-13H2. The van der Waals surface area contributed by atoms with Crippen LogP contribution in [0.2, 0.25) is 0 Å². The average molecular weight is 505 g/mol. The predicted octanol–water partition coefficient (Wildman–Crippen LogP) is 4.11. The maximum absolute atomic E-state index is 13.4. The Balaban J connectivity index is 1.33. The fourth-order valence-corrected chi connectivity index (χ4v) is 6.55. The third-order valence-electron chi connectivity index (χ3n) is 6.47. The summed E-state index contributed by atoms with van der Waals surface area (Å²) in [7, 11) is -4.12. The van der Waals surface area contributed by atoms with Gasteiger partial charge in [0.1, 0.15) is 0 Å². The first kappa shape index (κ1) is 23.7. The van der Waals surface area contributed by atoms with Gasteiger partial charge in [0.2, 0.25) is 10.0 Å². The highest BCUT2D eigenvalue weighted by Gasteiger charge is 2.44. The number of sulfonamides is 1. The highest BCUT2D eigenvalue weighted by atomic mass is 32.2. The van der Waals surface area contributed by atoms with E-state index in [4.69, 9.17) is 0 Å². The van der Waals surface area contributed by atoms with Crippen LogP contribution in [0.4, 0.5) is 13.2 Å². The molecule has 1 saturated heterocycles. The minimum atomic E-state index is -4.63. The first-order valence-corrected chi connectivity index (χ1v) is 12.8. The van der Waals surface area contributed by atoms with E-state index in [0.717, 1.165) is 12.1 Å². The van der Waals surface area contributed by atoms with Crippen LogP contribution >= 0.6 is 0 Å². The van der Waals surface area contributed by atoms with Crippen molar-refractivity contribution in [2.45, 2.75) is 48.8 Å². The van der Waals surface area contributed by atoms with Crippen molar-refractivity contribution in [2.75, 3.05) is 13.1 Å². The summed E-state index contributed by atoms with van der Waals surface area (Å²) in [5, 5.41) is 0. The van der Waals surface area contributed by atoms with Gasteiger partial charge >= 0.3 is 6.18 Å². The highest BCUT2D eigenvalue weighted by Crippen LogP contribution is 2.38. The zero-order valence-electron chi connectivity index (χ0n) is 18.6. The molecular weight excluding hydrogens is 481 g/mol. The van der Waals surface area contributed by atoms with E-state index >= 15 is 0 Å². The molecule has 1 saturated carbocycles. The Morgan fingerprint density at radius 3 is 2.23 bits per heavy atom. The number of benzene rings is 2. The SMILES string of the molecule is O=C(c1ccc2nccnc2c1)N1CCC(N(C2CC2)S(=O)(=O)c2cccc(C(F)(F)F)c2)CC1. The van der Waals surface area contributed by atoms with Crippen molar-refractivity contribution >= 4 is 27.0 Å². The summed E-state index contributed by atoms with van der Waals surface area (Å²) in [5.41, 5.74) is 0.782. The lowest BCUT2D eigenvalue weighted by molar-refractivity contribution is -0.137. The summed E-state index contributed by atoms with van der Waals surface area (Å²) < 4.78 is 67.7. The Morgan fingerprint density at radius 2 is 1.57 bits per heavy atom. The quantitative estimate of drug-likeness (QED) is 0.522. The topological polar surface area (TPSA) is 83.5 Å². The summed E-state index contributed by atoms with van der Waals surface area (Å²) in [5.74, 6) is -0.172. The van der Waals surface area contributed by atoms with E-state index in [0.29, 0.717) is 61.4 Å². The summed E-state index contributed by atoms with van der Waals surface area (Å²) in [4.78, 5) is 22.8. The first-order valence-electron chi connectivity index (χ1n) is 11.4. The van der Waals surface area contributed by atoms with Crippen LogP contribution in [0, 0.1) is 0 Å². The number of carbonyl (C=O) groups excluding carboxylic acids is 1. The van der Waals surface area contributed by atoms with Crippen molar-refractivity contribution in [2.24, 2.45) is 0 Å². The minimum Gasteiger partial charge on any atom is -0.339 e. The normalized spacial score (nSPS) is 17.8. The van der Waals surface area contributed by atoms with Gasteiger partial charge in [0.25, 0.3) is 5.91 Å². The van der Waals surface area contributed by atoms with Crippen molar-refractivity contribution in [3.05, 3.63) is 66.0 Å². The van der Waals surface area contributed by atoms with Crippen molar-refractivity contribution in [1.82, 2.24) is 19.2 Å². The maximum Gasteiger partial charge on any atom is 0.416 e. The Morgan fingerprint density at radius 1 is 0.914 bits per heavy atom. The molecule has 0 spiro atoms. The van der Waals surface area contributed by atoms with Gasteiger partial charge < -0.3 is 4.90 Å². The fraction of sp³-hybridized carbons (Fsp3) is 0.375. The van der Waals surface area contributed by atoms with E-state index in [-0.39, 0.29) is 22.9 Å². The van der Waals surface area contributed by atoms with Crippen molar-refractivity contribution in [3.8, 4) is 0 Å². The van der Waals surface area contributed by atoms with Gasteiger partial charge in [-0.2, -0.15) is 17.5 Å². The van der Waals surface area contributed by atoms with Crippen LogP contribution in [-0.2, 0) is 16.2 Å². The van der Waals surface area contributed by atoms with Crippen LogP contribution in [-0.4, -0.2) is 58.7 Å². The van der Waals surface area contributed by atoms with Gasteiger partial charge in [-0.1, -0.05) is 6.07 Å². The molecule has 0 atom stereocenters. The molecule has 0 unspecified atom stereocenters. The molecule has 1 aromatic heterocycles. The van der Waals surface area contributed by atoms with Gasteiger partial charge in [-0.3, -0.25) is 14.8 Å². The molecule has 2 heterocycles. The number of halogens is 3. The largest absolute Gasteiger partial charge is 0.416 e. The van der Waals surface area contributed by atoms with Gasteiger partial charge in [0, 0.05) is 43.1 Å². The number of alkyl halides is 3. The number of amides is 1. The molecule has 0 bridgehead atoms. The van der Waals surface area contributed by atoms with Crippen LogP contribution in [0.15, 0.2) is 59.8 Å². The molecule has 184 valence electrons. The molecule has 11 heteroatoms. The van der Waals surface area contributed by atoms with E-state index in [2.05, 4.69) is 9.97 Å². The number of hydrogen-bond donors (Lipinski definition) is 0. The molecule has 2 aliphatic rings. The molecule has 0 N–H and O–H groups in total. The number of rotatable bonds is 5. The third-order valence-corrected chi connectivity index (χ3v) is 8.47. The second-order valence-corrected chi connectivity index (χ2v) is 10.7. The minimum absolute atomic E-state index is 0.172. The molecule has 0 radical (unpaired) electrons. The molecule has 7 nitrogen and oxygen atoms in total. The average Bonchev–Trinajstić information content (AvgIpc) is 3.68. The number of carbonyl (C=O) groups is 1. The molecule has 1 aliphatic carbocycles. The number of likely N-dealkylation sites (tertiary alicyclic amines) is 1. The van der Waals surface area contributed by atoms with Gasteiger partial charge in [-0.15, -0.1) is 0 Å².